The Balaban J connectivity index is 1.36. The molecule has 34 heavy (non-hydrogen) atoms. The maximum Gasteiger partial charge on any atom is 0.264 e. The number of amides is 3. The first-order valence-corrected chi connectivity index (χ1v) is 12.4. The topological polar surface area (TPSA) is 79.0 Å². The van der Waals surface area contributed by atoms with Gasteiger partial charge in [0.15, 0.2) is 0 Å². The second-order valence-electron chi connectivity index (χ2n) is 8.72. The summed E-state index contributed by atoms with van der Waals surface area (Å²) < 4.78 is 6.15. The van der Waals surface area contributed by atoms with Crippen LogP contribution in [0.4, 0.5) is 5.69 Å². The standard InChI is InChI=1S/C26H27N3O4S/c1-33-13-11-27-24(30)18-7-5-12-28(15-18)21-9-4-8-20-23(21)26(32)29(25(20)31)16-19-14-17-6-2-3-10-22(17)34-19/h2-4,6,8-10,14,18H,5,7,11-13,15-16H2,1H3,(H,27,30). The van der Waals surface area contributed by atoms with E-state index < -0.39 is 0 Å². The second-order valence-corrected chi connectivity index (χ2v) is 9.88. The molecular formula is C26H27N3O4S. The van der Waals surface area contributed by atoms with Crippen molar-refractivity contribution in [1.82, 2.24) is 10.2 Å². The highest BCUT2D eigenvalue weighted by Crippen LogP contribution is 2.36. The number of piperidine rings is 1. The van der Waals surface area contributed by atoms with Gasteiger partial charge in [0, 0.05) is 36.3 Å². The van der Waals surface area contributed by atoms with E-state index in [1.54, 1.807) is 24.5 Å². The number of rotatable bonds is 7. The third kappa shape index (κ3) is 4.19. The number of hydrogen-bond donors (Lipinski definition) is 1. The molecule has 176 valence electrons. The van der Waals surface area contributed by atoms with Gasteiger partial charge in [-0.1, -0.05) is 24.3 Å². The highest BCUT2D eigenvalue weighted by Gasteiger charge is 2.39. The zero-order chi connectivity index (χ0) is 23.7. The van der Waals surface area contributed by atoms with Gasteiger partial charge in [-0.15, -0.1) is 11.3 Å². The van der Waals surface area contributed by atoms with E-state index >= 15 is 0 Å². The molecule has 3 heterocycles. The summed E-state index contributed by atoms with van der Waals surface area (Å²) in [5.41, 5.74) is 1.63. The lowest BCUT2D eigenvalue weighted by Crippen LogP contribution is -2.44. The van der Waals surface area contributed by atoms with Gasteiger partial charge < -0.3 is 15.0 Å². The molecule has 1 N–H and O–H groups in total. The van der Waals surface area contributed by atoms with Crippen LogP contribution in [0.15, 0.2) is 48.5 Å². The summed E-state index contributed by atoms with van der Waals surface area (Å²) in [7, 11) is 1.60. The van der Waals surface area contributed by atoms with Gasteiger partial charge in [-0.25, -0.2) is 0 Å². The Kier molecular flexibility index (Phi) is 6.34. The summed E-state index contributed by atoms with van der Waals surface area (Å²) >= 11 is 1.60. The highest BCUT2D eigenvalue weighted by atomic mass is 32.1. The number of anilines is 1. The maximum absolute atomic E-state index is 13.5. The molecule has 1 unspecified atom stereocenters. The number of hydrogen-bond acceptors (Lipinski definition) is 6. The molecule has 2 aromatic carbocycles. The van der Waals surface area contributed by atoms with Gasteiger partial charge in [0.05, 0.1) is 35.9 Å². The largest absolute Gasteiger partial charge is 0.383 e. The zero-order valence-electron chi connectivity index (χ0n) is 19.1. The number of ether oxygens (including phenoxy) is 1. The van der Waals surface area contributed by atoms with Gasteiger partial charge in [0.2, 0.25) is 5.91 Å². The van der Waals surface area contributed by atoms with E-state index in [9.17, 15) is 14.4 Å². The van der Waals surface area contributed by atoms with Crippen LogP contribution in [0.1, 0.15) is 38.4 Å². The Bertz CT molecular complexity index is 1220. The van der Waals surface area contributed by atoms with Crippen LogP contribution in [0.3, 0.4) is 0 Å². The van der Waals surface area contributed by atoms with Crippen molar-refractivity contribution in [1.29, 1.82) is 0 Å². The number of benzene rings is 2. The number of methoxy groups -OCH3 is 1. The summed E-state index contributed by atoms with van der Waals surface area (Å²) in [6.07, 6.45) is 1.65. The van der Waals surface area contributed by atoms with E-state index in [-0.39, 0.29) is 30.2 Å². The molecule has 2 aliphatic heterocycles. The molecule has 8 heteroatoms. The quantitative estimate of drug-likeness (QED) is 0.415. The van der Waals surface area contributed by atoms with Gasteiger partial charge >= 0.3 is 0 Å². The number of carbonyl (C=O) groups excluding carboxylic acids is 3. The minimum absolute atomic E-state index is 0.00289. The van der Waals surface area contributed by atoms with Crippen molar-refractivity contribution in [3.8, 4) is 0 Å². The first kappa shape index (κ1) is 22.6. The molecule has 7 nitrogen and oxygen atoms in total. The number of fused-ring (bicyclic) bond motifs is 2. The van der Waals surface area contributed by atoms with Crippen LogP contribution in [-0.4, -0.2) is 56.0 Å². The van der Waals surface area contributed by atoms with Crippen molar-refractivity contribution in [3.05, 3.63) is 64.5 Å². The van der Waals surface area contributed by atoms with Gasteiger partial charge in [-0.3, -0.25) is 19.3 Å². The Labute approximate surface area is 202 Å². The third-order valence-electron chi connectivity index (χ3n) is 6.51. The van der Waals surface area contributed by atoms with Crippen molar-refractivity contribution in [2.45, 2.75) is 19.4 Å². The first-order chi connectivity index (χ1) is 16.6. The molecule has 0 bridgehead atoms. The molecule has 0 aliphatic carbocycles. The fourth-order valence-corrected chi connectivity index (χ4v) is 5.88. The van der Waals surface area contributed by atoms with Crippen LogP contribution in [0.25, 0.3) is 10.1 Å². The normalized spacial score (nSPS) is 18.0. The summed E-state index contributed by atoms with van der Waals surface area (Å²) in [5, 5.41) is 4.03. The van der Waals surface area contributed by atoms with Crippen LogP contribution in [0.5, 0.6) is 0 Å². The minimum Gasteiger partial charge on any atom is -0.383 e. The molecule has 1 saturated heterocycles. The van der Waals surface area contributed by atoms with Gasteiger partial charge in [-0.05, 0) is 42.5 Å². The number of nitrogens with one attached hydrogen (secondary N) is 1. The van der Waals surface area contributed by atoms with E-state index in [0.29, 0.717) is 30.8 Å². The van der Waals surface area contributed by atoms with Crippen molar-refractivity contribution in [2.24, 2.45) is 5.92 Å². The van der Waals surface area contributed by atoms with Crippen molar-refractivity contribution in [2.75, 3.05) is 38.3 Å². The fraction of sp³-hybridized carbons (Fsp3) is 0.346. The van der Waals surface area contributed by atoms with Crippen molar-refractivity contribution >= 4 is 44.8 Å². The Morgan fingerprint density at radius 2 is 2.00 bits per heavy atom. The van der Waals surface area contributed by atoms with Crippen LogP contribution in [0, 0.1) is 5.92 Å². The second kappa shape index (κ2) is 9.56. The van der Waals surface area contributed by atoms with Crippen LogP contribution >= 0.6 is 11.3 Å². The SMILES string of the molecule is COCCNC(=O)C1CCCN(c2cccc3c2C(=O)N(Cc2cc4ccccc4s2)C3=O)C1. The molecule has 1 aromatic heterocycles. The molecule has 5 rings (SSSR count). The first-order valence-electron chi connectivity index (χ1n) is 11.5. The molecule has 0 radical (unpaired) electrons. The van der Waals surface area contributed by atoms with E-state index in [4.69, 9.17) is 4.74 Å². The lowest BCUT2D eigenvalue weighted by atomic mass is 9.95. The average Bonchev–Trinajstić information content (AvgIpc) is 3.38. The maximum atomic E-state index is 13.5. The van der Waals surface area contributed by atoms with Crippen LogP contribution in [0.2, 0.25) is 0 Å². The average molecular weight is 478 g/mol. The fourth-order valence-electron chi connectivity index (χ4n) is 4.82. The third-order valence-corrected chi connectivity index (χ3v) is 7.61. The number of imide groups is 1. The molecule has 0 spiro atoms. The Morgan fingerprint density at radius 3 is 2.82 bits per heavy atom. The molecule has 1 fully saturated rings. The Morgan fingerprint density at radius 1 is 1.15 bits per heavy atom. The molecule has 3 amide bonds. The van der Waals surface area contributed by atoms with Crippen LogP contribution in [-0.2, 0) is 16.1 Å². The molecular weight excluding hydrogens is 450 g/mol. The van der Waals surface area contributed by atoms with Gasteiger partial charge in [0.25, 0.3) is 11.8 Å². The van der Waals surface area contributed by atoms with Crippen molar-refractivity contribution < 1.29 is 19.1 Å². The monoisotopic (exact) mass is 477 g/mol. The van der Waals surface area contributed by atoms with Crippen molar-refractivity contribution in [3.63, 3.8) is 0 Å². The lowest BCUT2D eigenvalue weighted by Gasteiger charge is -2.34. The molecule has 0 saturated carbocycles. The number of carbonyl (C=O) groups is 3. The van der Waals surface area contributed by atoms with E-state index in [0.717, 1.165) is 40.0 Å². The number of thiophene rings is 1. The van der Waals surface area contributed by atoms with Gasteiger partial charge in [0.1, 0.15) is 0 Å². The lowest BCUT2D eigenvalue weighted by molar-refractivity contribution is -0.125. The Hall–Kier alpha value is -3.23. The van der Waals surface area contributed by atoms with Crippen LogP contribution < -0.4 is 10.2 Å². The highest BCUT2D eigenvalue weighted by molar-refractivity contribution is 7.19. The van der Waals surface area contributed by atoms with E-state index in [1.807, 2.05) is 42.5 Å². The summed E-state index contributed by atoms with van der Waals surface area (Å²) in [6.45, 7) is 2.48. The number of nitrogens with zero attached hydrogens (tertiary/aromatic N) is 2. The smallest absolute Gasteiger partial charge is 0.264 e. The zero-order valence-corrected chi connectivity index (χ0v) is 19.9. The predicted octanol–water partition coefficient (Wildman–Crippen LogP) is 3.68. The van der Waals surface area contributed by atoms with E-state index in [1.165, 1.54) is 4.90 Å². The summed E-state index contributed by atoms with van der Waals surface area (Å²) in [6, 6.07) is 15.5. The summed E-state index contributed by atoms with van der Waals surface area (Å²) in [5.74, 6) is -0.684. The molecule has 1 atom stereocenters. The molecule has 3 aromatic rings. The molecule has 2 aliphatic rings. The van der Waals surface area contributed by atoms with Gasteiger partial charge in [-0.2, -0.15) is 0 Å². The minimum atomic E-state index is -0.264. The van der Waals surface area contributed by atoms with E-state index in [2.05, 4.69) is 10.2 Å². The predicted molar refractivity (Wildman–Crippen MR) is 132 cm³/mol. The summed E-state index contributed by atoms with van der Waals surface area (Å²) in [4.78, 5) is 43.7.